The Labute approximate surface area is 163 Å². The Bertz CT molecular complexity index is 1070. The minimum Gasteiger partial charge on any atom is -0.370 e. The second-order valence-electron chi connectivity index (χ2n) is 6.50. The van der Waals surface area contributed by atoms with E-state index in [1.807, 2.05) is 30.5 Å². The highest BCUT2D eigenvalue weighted by Crippen LogP contribution is 2.18. The number of anilines is 1. The topological polar surface area (TPSA) is 82.7 Å². The van der Waals surface area contributed by atoms with Gasteiger partial charge in [-0.1, -0.05) is 18.2 Å². The fraction of sp³-hybridized carbons (Fsp3) is 0.136. The zero-order valence-corrected chi connectivity index (χ0v) is 15.4. The minimum absolute atomic E-state index is 0.126. The number of fused-ring (bicyclic) bond motifs is 1. The average molecular weight is 371 g/mol. The molecule has 0 bridgehead atoms. The van der Waals surface area contributed by atoms with E-state index in [2.05, 4.69) is 37.7 Å². The van der Waals surface area contributed by atoms with Crippen LogP contribution in [-0.4, -0.2) is 27.4 Å². The van der Waals surface area contributed by atoms with Crippen molar-refractivity contribution in [2.24, 2.45) is 0 Å². The van der Waals surface area contributed by atoms with Crippen molar-refractivity contribution in [1.82, 2.24) is 20.3 Å². The highest BCUT2D eigenvalue weighted by molar-refractivity contribution is 5.94. The van der Waals surface area contributed by atoms with Crippen LogP contribution in [0, 0.1) is 0 Å². The molecule has 0 radical (unpaired) electrons. The maximum absolute atomic E-state index is 12.4. The van der Waals surface area contributed by atoms with E-state index >= 15 is 0 Å². The lowest BCUT2D eigenvalue weighted by molar-refractivity contribution is 0.0951. The van der Waals surface area contributed by atoms with E-state index in [-0.39, 0.29) is 5.91 Å². The van der Waals surface area contributed by atoms with E-state index in [1.54, 1.807) is 30.7 Å². The van der Waals surface area contributed by atoms with Crippen LogP contribution in [0.15, 0.2) is 73.3 Å². The summed E-state index contributed by atoms with van der Waals surface area (Å²) < 4.78 is 0. The molecule has 140 valence electrons. The molecule has 1 amide bonds. The van der Waals surface area contributed by atoms with Gasteiger partial charge in [-0.05, 0) is 47.9 Å². The predicted octanol–water partition coefficient (Wildman–Crippen LogP) is 3.54. The van der Waals surface area contributed by atoms with Crippen LogP contribution in [0.2, 0.25) is 0 Å². The molecule has 1 aromatic carbocycles. The van der Waals surface area contributed by atoms with Crippen molar-refractivity contribution in [1.29, 1.82) is 0 Å². The van der Waals surface area contributed by atoms with E-state index < -0.39 is 0 Å². The molecule has 0 unspecified atom stereocenters. The van der Waals surface area contributed by atoms with Gasteiger partial charge in [0.1, 0.15) is 5.82 Å². The van der Waals surface area contributed by atoms with Crippen molar-refractivity contribution in [2.45, 2.75) is 13.0 Å². The van der Waals surface area contributed by atoms with Crippen molar-refractivity contribution < 1.29 is 4.79 Å². The summed E-state index contributed by atoms with van der Waals surface area (Å²) in [7, 11) is 0. The van der Waals surface area contributed by atoms with Crippen LogP contribution < -0.4 is 10.6 Å². The molecule has 0 saturated carbocycles. The Morgan fingerprint density at radius 3 is 2.79 bits per heavy atom. The Morgan fingerprint density at radius 2 is 1.89 bits per heavy atom. The number of aromatic nitrogens is 3. The molecule has 0 fully saturated rings. The Balaban J connectivity index is 1.33. The second kappa shape index (κ2) is 8.35. The van der Waals surface area contributed by atoms with Crippen LogP contribution in [0.25, 0.3) is 10.9 Å². The van der Waals surface area contributed by atoms with Crippen LogP contribution in [0.4, 0.5) is 5.82 Å². The van der Waals surface area contributed by atoms with Gasteiger partial charge in [0.15, 0.2) is 0 Å². The summed E-state index contributed by atoms with van der Waals surface area (Å²) in [6.45, 7) is 1.20. The zero-order chi connectivity index (χ0) is 19.2. The molecular formula is C22H21N5O. The van der Waals surface area contributed by atoms with Gasteiger partial charge in [-0.2, -0.15) is 0 Å². The highest BCUT2D eigenvalue weighted by atomic mass is 16.1. The first-order valence-electron chi connectivity index (χ1n) is 9.21. The van der Waals surface area contributed by atoms with Gasteiger partial charge in [0.2, 0.25) is 0 Å². The molecule has 0 aliphatic carbocycles. The molecule has 6 heteroatoms. The fourth-order valence-electron chi connectivity index (χ4n) is 3.12. The third-order valence-corrected chi connectivity index (χ3v) is 4.60. The van der Waals surface area contributed by atoms with Gasteiger partial charge in [0.05, 0.1) is 0 Å². The van der Waals surface area contributed by atoms with E-state index in [4.69, 9.17) is 0 Å². The van der Waals surface area contributed by atoms with Crippen molar-refractivity contribution in [3.8, 4) is 0 Å². The molecule has 0 saturated heterocycles. The largest absolute Gasteiger partial charge is 0.370 e. The maximum Gasteiger partial charge on any atom is 0.251 e. The first-order chi connectivity index (χ1) is 13.8. The number of rotatable bonds is 7. The van der Waals surface area contributed by atoms with Crippen molar-refractivity contribution >= 4 is 22.6 Å². The highest BCUT2D eigenvalue weighted by Gasteiger charge is 2.07. The molecule has 6 nitrogen and oxygen atoms in total. The number of aromatic amines is 1. The number of H-pyrrole nitrogens is 1. The number of amides is 1. The zero-order valence-electron chi connectivity index (χ0n) is 15.4. The molecule has 4 aromatic rings. The van der Waals surface area contributed by atoms with E-state index in [0.29, 0.717) is 17.9 Å². The number of hydrogen-bond acceptors (Lipinski definition) is 4. The van der Waals surface area contributed by atoms with E-state index in [0.717, 1.165) is 24.0 Å². The molecule has 3 N–H and O–H groups in total. The number of para-hydroxylation sites is 1. The summed E-state index contributed by atoms with van der Waals surface area (Å²) in [4.78, 5) is 24.0. The number of nitrogens with zero attached hydrogens (tertiary/aromatic N) is 2. The normalized spacial score (nSPS) is 10.7. The molecule has 0 aliphatic heterocycles. The summed E-state index contributed by atoms with van der Waals surface area (Å²) in [5, 5.41) is 7.46. The van der Waals surface area contributed by atoms with Gasteiger partial charge in [-0.25, -0.2) is 4.98 Å². The molecule has 0 atom stereocenters. The molecule has 3 heterocycles. The van der Waals surface area contributed by atoms with Gasteiger partial charge in [0, 0.05) is 54.3 Å². The van der Waals surface area contributed by atoms with Gasteiger partial charge in [0.25, 0.3) is 5.91 Å². The Kier molecular flexibility index (Phi) is 5.29. The molecule has 3 aromatic heterocycles. The predicted molar refractivity (Wildman–Crippen MR) is 110 cm³/mol. The van der Waals surface area contributed by atoms with Crippen molar-refractivity contribution in [3.05, 3.63) is 90.0 Å². The standard InChI is InChI=1S/C22H21N5O/c28-22(27-14-16-5-9-23-10-6-16)17-7-11-24-21(13-17)25-12-8-18-15-26-20-4-2-1-3-19(18)20/h1-7,9-11,13,15,26H,8,12,14H2,(H,24,25)(H,27,28). The van der Waals surface area contributed by atoms with Gasteiger partial charge < -0.3 is 15.6 Å². The van der Waals surface area contributed by atoms with Crippen molar-refractivity contribution in [2.75, 3.05) is 11.9 Å². The monoisotopic (exact) mass is 371 g/mol. The number of nitrogens with one attached hydrogen (secondary N) is 3. The lowest BCUT2D eigenvalue weighted by Crippen LogP contribution is -2.23. The smallest absolute Gasteiger partial charge is 0.251 e. The van der Waals surface area contributed by atoms with Crippen LogP contribution in [0.5, 0.6) is 0 Å². The molecular weight excluding hydrogens is 350 g/mol. The summed E-state index contributed by atoms with van der Waals surface area (Å²) in [6.07, 6.45) is 7.98. The first-order valence-corrected chi connectivity index (χ1v) is 9.21. The van der Waals surface area contributed by atoms with E-state index in [9.17, 15) is 4.79 Å². The third kappa shape index (κ3) is 4.17. The fourth-order valence-corrected chi connectivity index (χ4v) is 3.12. The summed E-state index contributed by atoms with van der Waals surface area (Å²) >= 11 is 0. The van der Waals surface area contributed by atoms with Crippen LogP contribution in [0.1, 0.15) is 21.5 Å². The quantitative estimate of drug-likeness (QED) is 0.464. The maximum atomic E-state index is 12.4. The Morgan fingerprint density at radius 1 is 1.04 bits per heavy atom. The Hall–Kier alpha value is -3.67. The SMILES string of the molecule is O=C(NCc1ccncc1)c1ccnc(NCCc2c[nH]c3ccccc23)c1. The molecule has 4 rings (SSSR count). The first kappa shape index (κ1) is 17.7. The van der Waals surface area contributed by atoms with Crippen LogP contribution in [0.3, 0.4) is 0 Å². The molecule has 0 aliphatic rings. The summed E-state index contributed by atoms with van der Waals surface area (Å²) in [5.41, 5.74) is 3.99. The summed E-state index contributed by atoms with van der Waals surface area (Å²) in [6, 6.07) is 15.5. The molecule has 0 spiro atoms. The molecule has 28 heavy (non-hydrogen) atoms. The minimum atomic E-state index is -0.126. The number of hydrogen-bond donors (Lipinski definition) is 3. The van der Waals surface area contributed by atoms with Gasteiger partial charge >= 0.3 is 0 Å². The van der Waals surface area contributed by atoms with Gasteiger partial charge in [-0.3, -0.25) is 9.78 Å². The lowest BCUT2D eigenvalue weighted by atomic mass is 10.1. The number of carbonyl (C=O) groups excluding carboxylic acids is 1. The summed E-state index contributed by atoms with van der Waals surface area (Å²) in [5.74, 6) is 0.565. The number of pyridine rings is 2. The average Bonchev–Trinajstić information content (AvgIpc) is 3.16. The third-order valence-electron chi connectivity index (χ3n) is 4.60. The van der Waals surface area contributed by atoms with Crippen LogP contribution in [-0.2, 0) is 13.0 Å². The second-order valence-corrected chi connectivity index (χ2v) is 6.50. The number of benzene rings is 1. The van der Waals surface area contributed by atoms with E-state index in [1.165, 1.54) is 10.9 Å². The van der Waals surface area contributed by atoms with Crippen LogP contribution >= 0.6 is 0 Å². The number of carbonyl (C=O) groups is 1. The lowest BCUT2D eigenvalue weighted by Gasteiger charge is -2.08. The van der Waals surface area contributed by atoms with Gasteiger partial charge in [-0.15, -0.1) is 0 Å². The van der Waals surface area contributed by atoms with Crippen molar-refractivity contribution in [3.63, 3.8) is 0 Å².